The predicted octanol–water partition coefficient (Wildman–Crippen LogP) is 1.72. The second-order valence-electron chi connectivity index (χ2n) is 3.20. The molecule has 2 heterocycles. The molecule has 0 unspecified atom stereocenters. The number of hydrogen-bond donors (Lipinski definition) is 0. The molecule has 13 heavy (non-hydrogen) atoms. The quantitative estimate of drug-likeness (QED) is 0.685. The van der Waals surface area contributed by atoms with Crippen molar-refractivity contribution in [3.63, 3.8) is 0 Å². The summed E-state index contributed by atoms with van der Waals surface area (Å²) in [5.41, 5.74) is 0.851. The second-order valence-corrected chi connectivity index (χ2v) is 3.20. The van der Waals surface area contributed by atoms with Crippen LogP contribution in [0.5, 0.6) is 0 Å². The van der Waals surface area contributed by atoms with Crippen molar-refractivity contribution in [2.75, 3.05) is 18.0 Å². The first-order valence-corrected chi connectivity index (χ1v) is 4.59. The van der Waals surface area contributed by atoms with E-state index in [9.17, 15) is 0 Å². The minimum atomic E-state index is 0.851. The van der Waals surface area contributed by atoms with E-state index in [0.717, 1.165) is 24.6 Å². The molecular weight excluding hydrogens is 162 g/mol. The van der Waals surface area contributed by atoms with E-state index in [-0.39, 0.29) is 0 Å². The van der Waals surface area contributed by atoms with E-state index in [0.29, 0.717) is 0 Å². The number of aromatic nitrogens is 2. The van der Waals surface area contributed by atoms with Gasteiger partial charge in [-0.15, -0.1) is 0 Å². The van der Waals surface area contributed by atoms with Gasteiger partial charge in [0.25, 0.3) is 0 Å². The van der Waals surface area contributed by atoms with Crippen molar-refractivity contribution in [3.05, 3.63) is 24.7 Å². The summed E-state index contributed by atoms with van der Waals surface area (Å²) >= 11 is 0. The Morgan fingerprint density at radius 2 is 2.08 bits per heavy atom. The molecular formula is C10H13N3. The summed E-state index contributed by atoms with van der Waals surface area (Å²) in [5, 5.41) is 0. The number of anilines is 1. The lowest BCUT2D eigenvalue weighted by Gasteiger charge is -2.15. The van der Waals surface area contributed by atoms with Crippen molar-refractivity contribution in [3.8, 4) is 0 Å². The van der Waals surface area contributed by atoms with Gasteiger partial charge in [-0.05, 0) is 18.9 Å². The van der Waals surface area contributed by atoms with E-state index in [2.05, 4.69) is 21.4 Å². The standard InChI is InChI=1S/C10H13N3/c1-2-9-7-11-8-10(12-9)13-5-3-4-6-13/h2,7-8H,1,3-6H2. The summed E-state index contributed by atoms with van der Waals surface area (Å²) in [7, 11) is 0. The van der Waals surface area contributed by atoms with Crippen LogP contribution >= 0.6 is 0 Å². The Hall–Kier alpha value is -1.38. The van der Waals surface area contributed by atoms with Crippen LogP contribution in [-0.2, 0) is 0 Å². The van der Waals surface area contributed by atoms with E-state index in [1.165, 1.54) is 12.8 Å². The zero-order valence-corrected chi connectivity index (χ0v) is 7.61. The molecule has 0 atom stereocenters. The second kappa shape index (κ2) is 3.56. The molecule has 1 aliphatic rings. The largest absolute Gasteiger partial charge is 0.355 e. The Morgan fingerprint density at radius 3 is 2.77 bits per heavy atom. The van der Waals surface area contributed by atoms with Crippen LogP contribution in [0.25, 0.3) is 6.08 Å². The highest BCUT2D eigenvalue weighted by molar-refractivity contribution is 5.46. The van der Waals surface area contributed by atoms with Crippen molar-refractivity contribution in [1.29, 1.82) is 0 Å². The Balaban J connectivity index is 2.23. The maximum absolute atomic E-state index is 4.42. The van der Waals surface area contributed by atoms with E-state index < -0.39 is 0 Å². The molecule has 2 rings (SSSR count). The molecule has 0 bridgehead atoms. The summed E-state index contributed by atoms with van der Waals surface area (Å²) in [6.45, 7) is 5.89. The van der Waals surface area contributed by atoms with Crippen LogP contribution in [0.1, 0.15) is 18.5 Å². The molecule has 1 fully saturated rings. The van der Waals surface area contributed by atoms with Crippen LogP contribution < -0.4 is 4.90 Å². The van der Waals surface area contributed by atoms with E-state index in [1.807, 2.05) is 6.20 Å². The summed E-state index contributed by atoms with van der Waals surface area (Å²) in [4.78, 5) is 10.8. The summed E-state index contributed by atoms with van der Waals surface area (Å²) in [6.07, 6.45) is 7.80. The lowest BCUT2D eigenvalue weighted by atomic mass is 10.4. The molecule has 0 spiro atoms. The smallest absolute Gasteiger partial charge is 0.147 e. The molecule has 1 saturated heterocycles. The van der Waals surface area contributed by atoms with Gasteiger partial charge in [-0.1, -0.05) is 6.58 Å². The summed E-state index contributed by atoms with van der Waals surface area (Å²) in [5.74, 6) is 0.981. The fourth-order valence-corrected chi connectivity index (χ4v) is 1.57. The van der Waals surface area contributed by atoms with Gasteiger partial charge in [0.2, 0.25) is 0 Å². The fourth-order valence-electron chi connectivity index (χ4n) is 1.57. The molecule has 0 aliphatic carbocycles. The van der Waals surface area contributed by atoms with Gasteiger partial charge in [-0.25, -0.2) is 4.98 Å². The van der Waals surface area contributed by atoms with Crippen molar-refractivity contribution in [2.24, 2.45) is 0 Å². The SMILES string of the molecule is C=Cc1cncc(N2CCCC2)n1. The van der Waals surface area contributed by atoms with Crippen molar-refractivity contribution < 1.29 is 0 Å². The molecule has 0 saturated carbocycles. The number of rotatable bonds is 2. The Labute approximate surface area is 78.1 Å². The van der Waals surface area contributed by atoms with Gasteiger partial charge in [-0.2, -0.15) is 0 Å². The highest BCUT2D eigenvalue weighted by atomic mass is 15.2. The minimum absolute atomic E-state index is 0.851. The molecule has 3 nitrogen and oxygen atoms in total. The van der Waals surface area contributed by atoms with Gasteiger partial charge in [-0.3, -0.25) is 4.98 Å². The van der Waals surface area contributed by atoms with E-state index in [1.54, 1.807) is 12.3 Å². The fraction of sp³-hybridized carbons (Fsp3) is 0.400. The van der Waals surface area contributed by atoms with Gasteiger partial charge in [0.05, 0.1) is 18.1 Å². The van der Waals surface area contributed by atoms with Crippen LogP contribution in [0.15, 0.2) is 19.0 Å². The Kier molecular flexibility index (Phi) is 2.25. The molecule has 0 radical (unpaired) electrons. The lowest BCUT2D eigenvalue weighted by Crippen LogP contribution is -2.19. The van der Waals surface area contributed by atoms with Crippen LogP contribution in [0.4, 0.5) is 5.82 Å². The number of hydrogen-bond acceptors (Lipinski definition) is 3. The Bertz CT molecular complexity index is 303. The van der Waals surface area contributed by atoms with Gasteiger partial charge < -0.3 is 4.90 Å². The van der Waals surface area contributed by atoms with Gasteiger partial charge >= 0.3 is 0 Å². The third-order valence-electron chi connectivity index (χ3n) is 2.28. The molecule has 0 N–H and O–H groups in total. The molecule has 68 valence electrons. The summed E-state index contributed by atoms with van der Waals surface area (Å²) < 4.78 is 0. The van der Waals surface area contributed by atoms with Crippen LogP contribution in [0, 0.1) is 0 Å². The lowest BCUT2D eigenvalue weighted by molar-refractivity contribution is 0.924. The average Bonchev–Trinajstić information content (AvgIpc) is 2.71. The van der Waals surface area contributed by atoms with Crippen LogP contribution in [-0.4, -0.2) is 23.1 Å². The maximum atomic E-state index is 4.42. The first kappa shape index (κ1) is 8.23. The first-order valence-electron chi connectivity index (χ1n) is 4.59. The molecule has 3 heteroatoms. The highest BCUT2D eigenvalue weighted by Gasteiger charge is 2.13. The zero-order valence-electron chi connectivity index (χ0n) is 7.61. The highest BCUT2D eigenvalue weighted by Crippen LogP contribution is 2.16. The predicted molar refractivity (Wildman–Crippen MR) is 53.6 cm³/mol. The first-order chi connectivity index (χ1) is 6.40. The normalized spacial score (nSPS) is 16.2. The molecule has 1 aromatic heterocycles. The number of nitrogens with zero attached hydrogens (tertiary/aromatic N) is 3. The van der Waals surface area contributed by atoms with Crippen LogP contribution in [0.3, 0.4) is 0 Å². The zero-order chi connectivity index (χ0) is 9.10. The van der Waals surface area contributed by atoms with E-state index in [4.69, 9.17) is 0 Å². The monoisotopic (exact) mass is 175 g/mol. The van der Waals surface area contributed by atoms with Crippen molar-refractivity contribution >= 4 is 11.9 Å². The third kappa shape index (κ3) is 1.69. The third-order valence-corrected chi connectivity index (χ3v) is 2.28. The van der Waals surface area contributed by atoms with Gasteiger partial charge in [0, 0.05) is 13.1 Å². The maximum Gasteiger partial charge on any atom is 0.147 e. The van der Waals surface area contributed by atoms with Crippen molar-refractivity contribution in [2.45, 2.75) is 12.8 Å². The average molecular weight is 175 g/mol. The summed E-state index contributed by atoms with van der Waals surface area (Å²) in [6, 6.07) is 0. The Morgan fingerprint density at radius 1 is 1.31 bits per heavy atom. The molecule has 0 aromatic carbocycles. The van der Waals surface area contributed by atoms with Gasteiger partial charge in [0.15, 0.2) is 0 Å². The minimum Gasteiger partial charge on any atom is -0.355 e. The van der Waals surface area contributed by atoms with Gasteiger partial charge in [0.1, 0.15) is 5.82 Å². The molecule has 1 aromatic rings. The topological polar surface area (TPSA) is 29.0 Å². The molecule has 0 amide bonds. The molecule has 1 aliphatic heterocycles. The van der Waals surface area contributed by atoms with E-state index >= 15 is 0 Å². The van der Waals surface area contributed by atoms with Crippen LogP contribution in [0.2, 0.25) is 0 Å². The van der Waals surface area contributed by atoms with Crippen molar-refractivity contribution in [1.82, 2.24) is 9.97 Å².